The fourth-order valence-electron chi connectivity index (χ4n) is 1.81. The van der Waals surface area contributed by atoms with Gasteiger partial charge in [0.25, 0.3) is 0 Å². The summed E-state index contributed by atoms with van der Waals surface area (Å²) in [6.07, 6.45) is 1.04. The summed E-state index contributed by atoms with van der Waals surface area (Å²) in [5.41, 5.74) is 5.75. The third-order valence-corrected chi connectivity index (χ3v) is 2.89. The Morgan fingerprint density at radius 1 is 1.12 bits per heavy atom. The molecule has 0 amide bonds. The average Bonchev–Trinajstić information content (AvgIpc) is 2.11. The Kier molecular flexibility index (Phi) is 6.53. The van der Waals surface area contributed by atoms with Gasteiger partial charge in [0.15, 0.2) is 0 Å². The zero-order chi connectivity index (χ0) is 12.8. The van der Waals surface area contributed by atoms with Crippen molar-refractivity contribution in [2.45, 2.75) is 59.1 Å². The first kappa shape index (κ1) is 15.9. The molecule has 3 nitrogen and oxygen atoms in total. The molecule has 0 spiro atoms. The summed E-state index contributed by atoms with van der Waals surface area (Å²) < 4.78 is 5.78. The zero-order valence-corrected chi connectivity index (χ0v) is 12.0. The number of likely N-dealkylation sites (N-methyl/N-ethyl adjacent to an activating group) is 1. The molecule has 0 aliphatic heterocycles. The van der Waals surface area contributed by atoms with Gasteiger partial charge in [0, 0.05) is 25.2 Å². The molecule has 0 unspecified atom stereocenters. The van der Waals surface area contributed by atoms with Crippen molar-refractivity contribution in [2.75, 3.05) is 26.2 Å². The number of nitrogens with two attached hydrogens (primary N) is 1. The minimum Gasteiger partial charge on any atom is -0.376 e. The molecular formula is C13H30N2O. The third-order valence-electron chi connectivity index (χ3n) is 2.89. The first-order valence-electron chi connectivity index (χ1n) is 6.32. The molecule has 3 heteroatoms. The van der Waals surface area contributed by atoms with Gasteiger partial charge in [-0.25, -0.2) is 0 Å². The standard InChI is InChI=1S/C13H30N2O/c1-7-15(10-9-14)13(5,6)8-11-16-12(2,3)4/h7-11,14H2,1-6H3. The number of ether oxygens (including phenoxy) is 1. The van der Waals surface area contributed by atoms with E-state index in [4.69, 9.17) is 10.5 Å². The van der Waals surface area contributed by atoms with Crippen LogP contribution in [0.4, 0.5) is 0 Å². The van der Waals surface area contributed by atoms with E-state index in [1.807, 2.05) is 0 Å². The molecular weight excluding hydrogens is 200 g/mol. The number of rotatable bonds is 7. The second kappa shape index (κ2) is 6.58. The molecule has 0 rings (SSSR count). The van der Waals surface area contributed by atoms with Crippen molar-refractivity contribution in [3.05, 3.63) is 0 Å². The molecule has 0 atom stereocenters. The second-order valence-electron chi connectivity index (χ2n) is 5.89. The summed E-state index contributed by atoms with van der Waals surface area (Å²) in [6, 6.07) is 0. The number of hydrogen-bond donors (Lipinski definition) is 1. The summed E-state index contributed by atoms with van der Waals surface area (Å²) in [7, 11) is 0. The van der Waals surface area contributed by atoms with Crippen LogP contribution in [0.5, 0.6) is 0 Å². The molecule has 0 bridgehead atoms. The Balaban J connectivity index is 4.11. The van der Waals surface area contributed by atoms with E-state index in [1.165, 1.54) is 0 Å². The molecule has 0 aromatic carbocycles. The third kappa shape index (κ3) is 6.46. The molecule has 0 radical (unpaired) electrons. The molecule has 0 fully saturated rings. The highest BCUT2D eigenvalue weighted by atomic mass is 16.5. The van der Waals surface area contributed by atoms with Gasteiger partial charge in [-0.1, -0.05) is 6.92 Å². The minimum atomic E-state index is -0.0407. The lowest BCUT2D eigenvalue weighted by Crippen LogP contribution is -2.47. The van der Waals surface area contributed by atoms with Gasteiger partial charge in [0.2, 0.25) is 0 Å². The number of nitrogens with zero attached hydrogens (tertiary/aromatic N) is 1. The van der Waals surface area contributed by atoms with Crippen LogP contribution in [-0.4, -0.2) is 42.3 Å². The fourth-order valence-corrected chi connectivity index (χ4v) is 1.81. The van der Waals surface area contributed by atoms with Gasteiger partial charge >= 0.3 is 0 Å². The summed E-state index contributed by atoms with van der Waals surface area (Å²) in [6.45, 7) is 16.5. The van der Waals surface area contributed by atoms with Crippen molar-refractivity contribution < 1.29 is 4.74 Å². The van der Waals surface area contributed by atoms with Crippen LogP contribution in [0.15, 0.2) is 0 Å². The summed E-state index contributed by atoms with van der Waals surface area (Å²) >= 11 is 0. The van der Waals surface area contributed by atoms with Crippen LogP contribution in [0.1, 0.15) is 48.0 Å². The van der Waals surface area contributed by atoms with Crippen LogP contribution in [0.3, 0.4) is 0 Å². The van der Waals surface area contributed by atoms with Crippen molar-refractivity contribution in [1.82, 2.24) is 4.90 Å². The Morgan fingerprint density at radius 2 is 1.69 bits per heavy atom. The van der Waals surface area contributed by atoms with Crippen LogP contribution < -0.4 is 5.73 Å². The first-order valence-corrected chi connectivity index (χ1v) is 6.32. The van der Waals surface area contributed by atoms with Crippen LogP contribution in [0.2, 0.25) is 0 Å². The predicted molar refractivity (Wildman–Crippen MR) is 70.7 cm³/mol. The van der Waals surface area contributed by atoms with Crippen LogP contribution in [0, 0.1) is 0 Å². The largest absolute Gasteiger partial charge is 0.376 e. The lowest BCUT2D eigenvalue weighted by Gasteiger charge is -2.38. The van der Waals surface area contributed by atoms with E-state index in [0.29, 0.717) is 0 Å². The van der Waals surface area contributed by atoms with Crippen molar-refractivity contribution in [3.63, 3.8) is 0 Å². The SMILES string of the molecule is CCN(CCN)C(C)(C)CCOC(C)(C)C. The van der Waals surface area contributed by atoms with Gasteiger partial charge < -0.3 is 10.5 Å². The monoisotopic (exact) mass is 230 g/mol. The summed E-state index contributed by atoms with van der Waals surface area (Å²) in [4.78, 5) is 2.42. The average molecular weight is 230 g/mol. The van der Waals surface area contributed by atoms with Gasteiger partial charge in [0.1, 0.15) is 0 Å². The Labute approximate surface area is 101 Å². The van der Waals surface area contributed by atoms with Gasteiger partial charge in [-0.05, 0) is 47.6 Å². The smallest absolute Gasteiger partial charge is 0.0598 e. The number of hydrogen-bond acceptors (Lipinski definition) is 3. The van der Waals surface area contributed by atoms with Crippen molar-refractivity contribution >= 4 is 0 Å². The van der Waals surface area contributed by atoms with Crippen molar-refractivity contribution in [2.24, 2.45) is 5.73 Å². The van der Waals surface area contributed by atoms with E-state index in [1.54, 1.807) is 0 Å². The van der Waals surface area contributed by atoms with E-state index in [0.717, 1.165) is 32.7 Å². The summed E-state index contributed by atoms with van der Waals surface area (Å²) in [5, 5.41) is 0. The lowest BCUT2D eigenvalue weighted by molar-refractivity contribution is -0.0235. The Bertz CT molecular complexity index is 185. The predicted octanol–water partition coefficient (Wildman–Crippen LogP) is 2.25. The Hall–Kier alpha value is -0.120. The van der Waals surface area contributed by atoms with Crippen LogP contribution in [0.25, 0.3) is 0 Å². The van der Waals surface area contributed by atoms with Gasteiger partial charge in [-0.3, -0.25) is 4.90 Å². The molecule has 16 heavy (non-hydrogen) atoms. The van der Waals surface area contributed by atoms with E-state index in [2.05, 4.69) is 46.4 Å². The highest BCUT2D eigenvalue weighted by Gasteiger charge is 2.25. The van der Waals surface area contributed by atoms with Gasteiger partial charge in [-0.15, -0.1) is 0 Å². The summed E-state index contributed by atoms with van der Waals surface area (Å²) in [5.74, 6) is 0. The maximum atomic E-state index is 5.78. The van der Waals surface area contributed by atoms with Crippen molar-refractivity contribution in [1.29, 1.82) is 0 Å². The van der Waals surface area contributed by atoms with E-state index < -0.39 is 0 Å². The molecule has 0 saturated carbocycles. The maximum Gasteiger partial charge on any atom is 0.0598 e. The van der Waals surface area contributed by atoms with E-state index in [-0.39, 0.29) is 11.1 Å². The van der Waals surface area contributed by atoms with Crippen molar-refractivity contribution in [3.8, 4) is 0 Å². The highest BCUT2D eigenvalue weighted by molar-refractivity contribution is 4.81. The maximum absolute atomic E-state index is 5.78. The molecule has 0 saturated heterocycles. The quantitative estimate of drug-likeness (QED) is 0.729. The van der Waals surface area contributed by atoms with Gasteiger partial charge in [-0.2, -0.15) is 0 Å². The molecule has 0 aromatic heterocycles. The molecule has 0 heterocycles. The molecule has 2 N–H and O–H groups in total. The molecule has 98 valence electrons. The zero-order valence-electron chi connectivity index (χ0n) is 12.0. The second-order valence-corrected chi connectivity index (χ2v) is 5.89. The van der Waals surface area contributed by atoms with Crippen LogP contribution in [-0.2, 0) is 4.74 Å². The lowest BCUT2D eigenvalue weighted by atomic mass is 9.98. The first-order chi connectivity index (χ1) is 7.23. The minimum absolute atomic E-state index is 0.0407. The molecule has 0 aliphatic carbocycles. The van der Waals surface area contributed by atoms with Crippen LogP contribution >= 0.6 is 0 Å². The fraction of sp³-hybridized carbons (Fsp3) is 1.00. The highest BCUT2D eigenvalue weighted by Crippen LogP contribution is 2.19. The van der Waals surface area contributed by atoms with E-state index >= 15 is 0 Å². The molecule has 0 aliphatic rings. The van der Waals surface area contributed by atoms with E-state index in [9.17, 15) is 0 Å². The van der Waals surface area contributed by atoms with Gasteiger partial charge in [0.05, 0.1) is 5.60 Å². The molecule has 0 aromatic rings. The normalized spacial score (nSPS) is 13.5. The Morgan fingerprint density at radius 3 is 2.06 bits per heavy atom. The topological polar surface area (TPSA) is 38.5 Å².